The maximum Gasteiger partial charge on any atom is 0.216 e. The van der Waals surface area contributed by atoms with Crippen molar-refractivity contribution in [2.45, 2.75) is 6.92 Å². The largest absolute Gasteiger partial charge is 0.250 e. The monoisotopic (exact) mass is 388 g/mol. The van der Waals surface area contributed by atoms with Crippen LogP contribution >= 0.6 is 35.4 Å². The van der Waals surface area contributed by atoms with Gasteiger partial charge in [0.1, 0.15) is 0 Å². The molecule has 7 heteroatoms. The molecule has 0 spiro atoms. The van der Waals surface area contributed by atoms with Crippen molar-refractivity contribution in [3.63, 3.8) is 0 Å². The second-order valence-corrected chi connectivity index (χ2v) is 6.56. The van der Waals surface area contributed by atoms with Crippen LogP contribution in [-0.2, 0) is 0 Å². The Morgan fingerprint density at radius 1 is 1.20 bits per heavy atom. The summed E-state index contributed by atoms with van der Waals surface area (Å²) in [5.41, 5.74) is 2.77. The van der Waals surface area contributed by atoms with Crippen LogP contribution in [0.3, 0.4) is 0 Å². The predicted molar refractivity (Wildman–Crippen MR) is 107 cm³/mol. The zero-order chi connectivity index (χ0) is 17.8. The smallest absolute Gasteiger partial charge is 0.216 e. The van der Waals surface area contributed by atoms with Crippen LogP contribution in [0.25, 0.3) is 17.5 Å². The Labute approximate surface area is 160 Å². The van der Waals surface area contributed by atoms with Gasteiger partial charge in [0.25, 0.3) is 0 Å². The highest BCUT2D eigenvalue weighted by atomic mass is 35.5. The van der Waals surface area contributed by atoms with E-state index in [4.69, 9.17) is 35.4 Å². The second-order valence-electron chi connectivity index (χ2n) is 5.33. The Kier molecular flexibility index (Phi) is 5.48. The van der Waals surface area contributed by atoms with Crippen LogP contribution in [0.4, 0.5) is 0 Å². The van der Waals surface area contributed by atoms with Crippen LogP contribution in [0, 0.1) is 4.77 Å². The molecule has 2 aromatic carbocycles. The summed E-state index contributed by atoms with van der Waals surface area (Å²) in [6.07, 6.45) is 3.76. The average Bonchev–Trinajstić information content (AvgIpc) is 2.94. The number of halogens is 2. The highest BCUT2D eigenvalue weighted by Crippen LogP contribution is 2.29. The summed E-state index contributed by atoms with van der Waals surface area (Å²) in [6, 6.07) is 15.2. The van der Waals surface area contributed by atoms with Crippen molar-refractivity contribution in [2.24, 2.45) is 5.10 Å². The van der Waals surface area contributed by atoms with Gasteiger partial charge >= 0.3 is 0 Å². The van der Waals surface area contributed by atoms with Crippen molar-refractivity contribution in [1.82, 2.24) is 14.9 Å². The van der Waals surface area contributed by atoms with Crippen molar-refractivity contribution in [3.8, 4) is 11.4 Å². The number of aromatic nitrogens is 3. The number of nitrogens with zero attached hydrogens (tertiary/aromatic N) is 3. The van der Waals surface area contributed by atoms with Crippen LogP contribution in [0.5, 0.6) is 0 Å². The maximum absolute atomic E-state index is 6.27. The molecule has 0 aliphatic heterocycles. The molecule has 0 radical (unpaired) electrons. The summed E-state index contributed by atoms with van der Waals surface area (Å²) in [5, 5.41) is 12.4. The van der Waals surface area contributed by atoms with Gasteiger partial charge in [0.15, 0.2) is 5.82 Å². The Hall–Kier alpha value is -2.21. The summed E-state index contributed by atoms with van der Waals surface area (Å²) < 4.78 is 1.91. The first-order valence-electron chi connectivity index (χ1n) is 7.45. The predicted octanol–water partition coefficient (Wildman–Crippen LogP) is 5.85. The molecule has 0 saturated carbocycles. The third-order valence-electron chi connectivity index (χ3n) is 3.39. The third-order valence-corrected chi connectivity index (χ3v) is 4.21. The molecule has 1 N–H and O–H groups in total. The van der Waals surface area contributed by atoms with Crippen molar-refractivity contribution in [1.29, 1.82) is 0 Å². The van der Waals surface area contributed by atoms with Crippen molar-refractivity contribution < 1.29 is 0 Å². The number of nitrogens with one attached hydrogen (secondary N) is 1. The van der Waals surface area contributed by atoms with E-state index >= 15 is 0 Å². The summed E-state index contributed by atoms with van der Waals surface area (Å²) in [5.74, 6) is 0.524. The molecular weight excluding hydrogens is 375 g/mol. The van der Waals surface area contributed by atoms with Gasteiger partial charge in [-0.05, 0) is 48.5 Å². The first-order valence-corrected chi connectivity index (χ1v) is 8.61. The summed E-state index contributed by atoms with van der Waals surface area (Å²) in [6.45, 7) is 1.97. The van der Waals surface area contributed by atoms with E-state index in [1.807, 2.05) is 43.3 Å². The molecule has 0 aliphatic carbocycles. The van der Waals surface area contributed by atoms with Gasteiger partial charge in [-0.2, -0.15) is 14.9 Å². The van der Waals surface area contributed by atoms with Gasteiger partial charge in [-0.25, -0.2) is 5.10 Å². The normalized spacial score (nSPS) is 12.0. The van der Waals surface area contributed by atoms with Crippen molar-refractivity contribution in [3.05, 3.63) is 74.5 Å². The van der Waals surface area contributed by atoms with Crippen LogP contribution in [0.15, 0.2) is 59.2 Å². The lowest BCUT2D eigenvalue weighted by atomic mass is 10.1. The van der Waals surface area contributed by atoms with Crippen LogP contribution in [0.2, 0.25) is 10.0 Å². The molecular formula is C18H14Cl2N4S. The molecule has 0 amide bonds. The van der Waals surface area contributed by atoms with E-state index in [1.165, 1.54) is 4.68 Å². The van der Waals surface area contributed by atoms with Gasteiger partial charge in [-0.1, -0.05) is 59.6 Å². The number of allylic oxidation sites excluding steroid dienone is 1. The maximum atomic E-state index is 6.27. The van der Waals surface area contributed by atoms with E-state index in [1.54, 1.807) is 24.4 Å². The molecule has 0 fully saturated rings. The fourth-order valence-electron chi connectivity index (χ4n) is 2.24. The fourth-order valence-corrected chi connectivity index (χ4v) is 2.91. The average molecular weight is 389 g/mol. The molecule has 126 valence electrons. The van der Waals surface area contributed by atoms with Gasteiger partial charge in [-0.3, -0.25) is 0 Å². The van der Waals surface area contributed by atoms with Crippen LogP contribution < -0.4 is 0 Å². The van der Waals surface area contributed by atoms with E-state index in [0.717, 1.165) is 11.1 Å². The van der Waals surface area contributed by atoms with Gasteiger partial charge in [0, 0.05) is 10.6 Å². The Bertz CT molecular complexity index is 1000. The lowest BCUT2D eigenvalue weighted by Gasteiger charge is -2.04. The molecule has 0 saturated heterocycles. The quantitative estimate of drug-likeness (QED) is 0.449. The highest BCUT2D eigenvalue weighted by Gasteiger charge is 2.12. The zero-order valence-electron chi connectivity index (χ0n) is 13.3. The molecule has 1 aromatic heterocycles. The molecule has 3 aromatic rings. The van der Waals surface area contributed by atoms with Gasteiger partial charge in [0.05, 0.1) is 11.2 Å². The first kappa shape index (κ1) is 17.6. The lowest BCUT2D eigenvalue weighted by Crippen LogP contribution is -1.95. The van der Waals surface area contributed by atoms with E-state index in [-0.39, 0.29) is 0 Å². The number of aromatic amines is 1. The second kappa shape index (κ2) is 7.78. The Balaban J connectivity index is 1.95. The van der Waals surface area contributed by atoms with Crippen molar-refractivity contribution in [2.75, 3.05) is 0 Å². The molecule has 25 heavy (non-hydrogen) atoms. The fraction of sp³-hybridized carbons (Fsp3) is 0.0556. The summed E-state index contributed by atoms with van der Waals surface area (Å²) in [7, 11) is 0. The minimum Gasteiger partial charge on any atom is -0.250 e. The number of hydrogen-bond acceptors (Lipinski definition) is 3. The van der Waals surface area contributed by atoms with Crippen LogP contribution in [-0.4, -0.2) is 21.1 Å². The van der Waals surface area contributed by atoms with Gasteiger partial charge < -0.3 is 0 Å². The topological polar surface area (TPSA) is 46.0 Å². The van der Waals surface area contributed by atoms with Gasteiger partial charge in [-0.15, -0.1) is 0 Å². The van der Waals surface area contributed by atoms with Crippen molar-refractivity contribution >= 4 is 47.7 Å². The zero-order valence-corrected chi connectivity index (χ0v) is 15.6. The number of H-pyrrole nitrogens is 1. The Morgan fingerprint density at radius 2 is 1.96 bits per heavy atom. The molecule has 0 unspecified atom stereocenters. The Morgan fingerprint density at radius 3 is 2.68 bits per heavy atom. The molecule has 4 nitrogen and oxygen atoms in total. The number of benzene rings is 2. The molecule has 3 rings (SSSR count). The third kappa shape index (κ3) is 4.25. The highest BCUT2D eigenvalue weighted by molar-refractivity contribution is 7.71. The SMILES string of the molecule is CC(C=Nn1c(-c2ccc(Cl)cc2Cl)n[nH]c1=S)=Cc1ccccc1. The van der Waals surface area contributed by atoms with E-state index in [9.17, 15) is 0 Å². The minimum absolute atomic E-state index is 0.379. The minimum atomic E-state index is 0.379. The lowest BCUT2D eigenvalue weighted by molar-refractivity contribution is 0.871. The number of rotatable bonds is 4. The molecule has 0 aliphatic rings. The van der Waals surface area contributed by atoms with E-state index in [2.05, 4.69) is 15.3 Å². The summed E-state index contributed by atoms with van der Waals surface area (Å²) in [4.78, 5) is 0. The standard InChI is InChI=1S/C18H14Cl2N4S/c1-12(9-13-5-3-2-4-6-13)11-21-24-17(22-23-18(24)25)15-8-7-14(19)10-16(15)20/h2-11H,1H3,(H,23,25). The van der Waals surface area contributed by atoms with E-state index in [0.29, 0.717) is 26.2 Å². The number of hydrogen-bond donors (Lipinski definition) is 1. The first-order chi connectivity index (χ1) is 12.0. The molecule has 0 bridgehead atoms. The van der Waals surface area contributed by atoms with Crippen LogP contribution in [0.1, 0.15) is 12.5 Å². The summed E-state index contributed by atoms with van der Waals surface area (Å²) >= 11 is 17.5. The molecule has 0 atom stereocenters. The van der Waals surface area contributed by atoms with E-state index < -0.39 is 0 Å². The van der Waals surface area contributed by atoms with Gasteiger partial charge in [0.2, 0.25) is 4.77 Å². The molecule has 1 heterocycles.